The van der Waals surface area contributed by atoms with Crippen molar-refractivity contribution in [1.82, 2.24) is 0 Å². The van der Waals surface area contributed by atoms with Gasteiger partial charge in [-0.2, -0.15) is 4.58 Å². The molecule has 4 nitrogen and oxygen atoms in total. The van der Waals surface area contributed by atoms with Crippen molar-refractivity contribution in [3.63, 3.8) is 0 Å². The summed E-state index contributed by atoms with van der Waals surface area (Å²) in [7, 11) is 2.14. The molecule has 2 aliphatic heterocycles. The fourth-order valence-corrected chi connectivity index (χ4v) is 5.46. The van der Waals surface area contributed by atoms with Crippen LogP contribution in [0.1, 0.15) is 58.1 Å². The van der Waals surface area contributed by atoms with Gasteiger partial charge in [-0.1, -0.05) is 56.3 Å². The van der Waals surface area contributed by atoms with Gasteiger partial charge in [-0.05, 0) is 44.4 Å². The van der Waals surface area contributed by atoms with E-state index < -0.39 is 5.97 Å². The SMILES string of the molecule is C[N+]1=C(/C=C/C=C2\N(CCCCC(=O)O)c3ccccc3C2(C)C)C(C)(C)c2ccccc21. The highest BCUT2D eigenvalue weighted by molar-refractivity contribution is 6.03. The first-order valence-electron chi connectivity index (χ1n) is 11.8. The molecule has 0 aromatic heterocycles. The van der Waals surface area contributed by atoms with E-state index in [9.17, 15) is 4.79 Å². The van der Waals surface area contributed by atoms with Crippen molar-refractivity contribution >= 4 is 23.1 Å². The zero-order valence-electron chi connectivity index (χ0n) is 20.4. The molecule has 2 aliphatic rings. The quantitative estimate of drug-likeness (QED) is 0.410. The van der Waals surface area contributed by atoms with Crippen molar-refractivity contribution in [2.75, 3.05) is 18.5 Å². The van der Waals surface area contributed by atoms with Gasteiger partial charge in [0.1, 0.15) is 7.05 Å². The molecular formula is C29H35N2O2+. The maximum atomic E-state index is 10.9. The predicted octanol–water partition coefficient (Wildman–Crippen LogP) is 6.19. The van der Waals surface area contributed by atoms with Crippen molar-refractivity contribution in [1.29, 1.82) is 0 Å². The van der Waals surface area contributed by atoms with E-state index in [0.717, 1.165) is 13.0 Å². The van der Waals surface area contributed by atoms with Gasteiger partial charge in [0.2, 0.25) is 5.69 Å². The Kier molecular flexibility index (Phi) is 6.04. The fourth-order valence-electron chi connectivity index (χ4n) is 5.46. The highest BCUT2D eigenvalue weighted by Gasteiger charge is 2.43. The number of nitrogens with zero attached hydrogens (tertiary/aromatic N) is 2. The number of allylic oxidation sites excluding steroid dienone is 4. The molecule has 0 amide bonds. The summed E-state index contributed by atoms with van der Waals surface area (Å²) in [6.07, 6.45) is 8.43. The smallest absolute Gasteiger partial charge is 0.303 e. The molecule has 0 spiro atoms. The largest absolute Gasteiger partial charge is 0.481 e. The molecule has 0 saturated heterocycles. The third kappa shape index (κ3) is 4.03. The fraction of sp³-hybridized carbons (Fsp3) is 0.379. The summed E-state index contributed by atoms with van der Waals surface area (Å²) in [5, 5.41) is 9.01. The van der Waals surface area contributed by atoms with Crippen LogP contribution in [0.2, 0.25) is 0 Å². The van der Waals surface area contributed by atoms with Gasteiger partial charge < -0.3 is 10.0 Å². The topological polar surface area (TPSA) is 43.5 Å². The number of unbranched alkanes of at least 4 members (excludes halogenated alkanes) is 1. The highest BCUT2D eigenvalue weighted by atomic mass is 16.4. The summed E-state index contributed by atoms with van der Waals surface area (Å²) in [5.41, 5.74) is 7.55. The summed E-state index contributed by atoms with van der Waals surface area (Å²) in [6, 6.07) is 17.2. The lowest BCUT2D eigenvalue weighted by molar-refractivity contribution is -0.401. The number of carbonyl (C=O) groups is 1. The Balaban J connectivity index is 1.65. The van der Waals surface area contributed by atoms with Crippen LogP contribution in [0.4, 0.5) is 11.4 Å². The second kappa shape index (κ2) is 8.66. The standard InChI is InChI=1S/C29H34N2O2/c1-28(2)21-13-6-8-15-23(21)30(5)25(28)17-12-18-26-29(3,4)22-14-7-9-16-24(22)31(26)20-11-10-19-27(32)33/h6-9,12-18H,10-11,19-20H2,1-5H3/p+1. The molecular weight excluding hydrogens is 408 g/mol. The van der Waals surface area contributed by atoms with Gasteiger partial charge in [-0.15, -0.1) is 0 Å². The van der Waals surface area contributed by atoms with Crippen LogP contribution in [0, 0.1) is 0 Å². The number of para-hydroxylation sites is 2. The average molecular weight is 444 g/mol. The van der Waals surface area contributed by atoms with Gasteiger partial charge in [0.25, 0.3) is 0 Å². The summed E-state index contributed by atoms with van der Waals surface area (Å²) in [6.45, 7) is 9.94. The number of aliphatic carboxylic acids is 1. The summed E-state index contributed by atoms with van der Waals surface area (Å²) in [5.74, 6) is -0.725. The number of hydrogen-bond donors (Lipinski definition) is 1. The molecule has 172 valence electrons. The number of hydrogen-bond acceptors (Lipinski definition) is 2. The van der Waals surface area contributed by atoms with Crippen molar-refractivity contribution in [2.24, 2.45) is 0 Å². The molecule has 0 radical (unpaired) electrons. The summed E-state index contributed by atoms with van der Waals surface area (Å²) < 4.78 is 2.29. The van der Waals surface area contributed by atoms with E-state index in [4.69, 9.17) is 5.11 Å². The number of rotatable bonds is 7. The molecule has 33 heavy (non-hydrogen) atoms. The number of anilines is 1. The third-order valence-corrected chi connectivity index (χ3v) is 7.27. The van der Waals surface area contributed by atoms with E-state index in [1.165, 1.54) is 33.9 Å². The second-order valence-electron chi connectivity index (χ2n) is 10.1. The van der Waals surface area contributed by atoms with Crippen LogP contribution in [0.25, 0.3) is 0 Å². The summed E-state index contributed by atoms with van der Waals surface area (Å²) >= 11 is 0. The van der Waals surface area contributed by atoms with E-state index in [-0.39, 0.29) is 17.3 Å². The molecule has 0 saturated carbocycles. The van der Waals surface area contributed by atoms with Gasteiger partial charge in [0, 0.05) is 47.5 Å². The van der Waals surface area contributed by atoms with Crippen LogP contribution in [0.15, 0.2) is 72.5 Å². The number of benzene rings is 2. The zero-order valence-corrected chi connectivity index (χ0v) is 20.4. The lowest BCUT2D eigenvalue weighted by Crippen LogP contribution is -2.27. The van der Waals surface area contributed by atoms with Gasteiger partial charge in [0.15, 0.2) is 5.71 Å². The Morgan fingerprint density at radius 1 is 0.970 bits per heavy atom. The third-order valence-electron chi connectivity index (χ3n) is 7.27. The van der Waals surface area contributed by atoms with E-state index in [2.05, 4.69) is 111 Å². The first kappa shape index (κ1) is 23.0. The van der Waals surface area contributed by atoms with Crippen LogP contribution in [-0.4, -0.2) is 35.0 Å². The minimum Gasteiger partial charge on any atom is -0.481 e. The molecule has 0 bridgehead atoms. The minimum atomic E-state index is -0.725. The van der Waals surface area contributed by atoms with Gasteiger partial charge in [0.05, 0.1) is 5.41 Å². The Bertz CT molecular complexity index is 1170. The first-order valence-corrected chi connectivity index (χ1v) is 11.8. The Morgan fingerprint density at radius 3 is 2.33 bits per heavy atom. The first-order chi connectivity index (χ1) is 15.7. The molecule has 4 rings (SSSR count). The molecule has 0 unspecified atom stereocenters. The molecule has 2 aromatic carbocycles. The maximum Gasteiger partial charge on any atom is 0.303 e. The van der Waals surface area contributed by atoms with Crippen LogP contribution >= 0.6 is 0 Å². The molecule has 0 fully saturated rings. The maximum absolute atomic E-state index is 10.9. The molecule has 0 aliphatic carbocycles. The number of carboxylic acids is 1. The molecule has 2 heterocycles. The Hall–Kier alpha value is -3.14. The van der Waals surface area contributed by atoms with Gasteiger partial charge in [-0.3, -0.25) is 4.79 Å². The zero-order chi connectivity index (χ0) is 23.8. The van der Waals surface area contributed by atoms with Crippen LogP contribution < -0.4 is 4.90 Å². The van der Waals surface area contributed by atoms with E-state index in [1.807, 2.05) is 0 Å². The highest BCUT2D eigenvalue weighted by Crippen LogP contribution is 2.47. The van der Waals surface area contributed by atoms with Crippen LogP contribution in [0.3, 0.4) is 0 Å². The normalized spacial score (nSPS) is 19.4. The predicted molar refractivity (Wildman–Crippen MR) is 136 cm³/mol. The number of carboxylic acid groups (broad SMARTS) is 1. The van der Waals surface area contributed by atoms with Crippen molar-refractivity contribution < 1.29 is 14.5 Å². The van der Waals surface area contributed by atoms with E-state index in [0.29, 0.717) is 6.42 Å². The van der Waals surface area contributed by atoms with Crippen LogP contribution in [0.5, 0.6) is 0 Å². The van der Waals surface area contributed by atoms with Gasteiger partial charge in [-0.25, -0.2) is 0 Å². The Labute approximate surface area is 197 Å². The van der Waals surface area contributed by atoms with E-state index >= 15 is 0 Å². The minimum absolute atomic E-state index is 0.0506. The summed E-state index contributed by atoms with van der Waals surface area (Å²) in [4.78, 5) is 13.3. The molecule has 0 atom stereocenters. The van der Waals surface area contributed by atoms with Crippen molar-refractivity contribution in [3.05, 3.63) is 83.6 Å². The average Bonchev–Trinajstić information content (AvgIpc) is 3.11. The lowest BCUT2D eigenvalue weighted by Gasteiger charge is -2.27. The Morgan fingerprint density at radius 2 is 1.64 bits per heavy atom. The van der Waals surface area contributed by atoms with Crippen molar-refractivity contribution in [3.8, 4) is 0 Å². The lowest BCUT2D eigenvalue weighted by atomic mass is 9.81. The molecule has 2 aromatic rings. The van der Waals surface area contributed by atoms with Gasteiger partial charge >= 0.3 is 5.97 Å². The molecule has 4 heteroatoms. The van der Waals surface area contributed by atoms with Crippen LogP contribution in [-0.2, 0) is 15.6 Å². The van der Waals surface area contributed by atoms with Crippen molar-refractivity contribution in [2.45, 2.75) is 57.8 Å². The monoisotopic (exact) mass is 443 g/mol. The number of fused-ring (bicyclic) bond motifs is 2. The molecule has 1 N–H and O–H groups in total. The van der Waals surface area contributed by atoms with E-state index in [1.54, 1.807) is 0 Å². The second-order valence-corrected chi connectivity index (χ2v) is 10.1.